The van der Waals surface area contributed by atoms with Crippen molar-refractivity contribution in [2.45, 2.75) is 13.8 Å². The smallest absolute Gasteiger partial charge is 0.129 e. The minimum absolute atomic E-state index is 0.973. The number of para-hydroxylation sites is 1. The Hall–Kier alpha value is -2.62. The monoisotopic (exact) mass is 318 g/mol. The summed E-state index contributed by atoms with van der Waals surface area (Å²) in [6.07, 6.45) is 1.86. The third kappa shape index (κ3) is 2.68. The molecule has 24 heavy (non-hydrogen) atoms. The molecular weight excluding hydrogens is 296 g/mol. The van der Waals surface area contributed by atoms with Crippen LogP contribution >= 0.6 is 0 Å². The van der Waals surface area contributed by atoms with Crippen LogP contribution in [0.3, 0.4) is 0 Å². The lowest BCUT2D eigenvalue weighted by atomic mass is 10.1. The number of nitrogens with zero attached hydrogens (tertiary/aromatic N) is 4. The van der Waals surface area contributed by atoms with Crippen molar-refractivity contribution >= 4 is 22.5 Å². The van der Waals surface area contributed by atoms with Crippen molar-refractivity contribution in [1.29, 1.82) is 0 Å². The molecule has 0 N–H and O–H groups in total. The highest BCUT2D eigenvalue weighted by Gasteiger charge is 2.19. The fourth-order valence-electron chi connectivity index (χ4n) is 3.41. The summed E-state index contributed by atoms with van der Waals surface area (Å²) in [5, 5.41) is 1.26. The summed E-state index contributed by atoms with van der Waals surface area (Å²) in [5.41, 5.74) is 3.66. The van der Waals surface area contributed by atoms with Gasteiger partial charge in [0.15, 0.2) is 0 Å². The SMILES string of the molecule is Cc1cc(N2CCN(c3ccccn3)CC2)nc2c(C)cccc12. The van der Waals surface area contributed by atoms with Crippen LogP contribution in [-0.2, 0) is 0 Å². The zero-order valence-electron chi connectivity index (χ0n) is 14.2. The molecule has 1 aliphatic rings. The van der Waals surface area contributed by atoms with Gasteiger partial charge in [0.1, 0.15) is 11.6 Å². The second kappa shape index (κ2) is 6.11. The second-order valence-electron chi connectivity index (χ2n) is 6.43. The molecule has 4 rings (SSSR count). The number of piperazine rings is 1. The molecular formula is C20H22N4. The zero-order valence-corrected chi connectivity index (χ0v) is 14.2. The zero-order chi connectivity index (χ0) is 16.5. The summed E-state index contributed by atoms with van der Waals surface area (Å²) in [4.78, 5) is 14.1. The Morgan fingerprint density at radius 1 is 0.792 bits per heavy atom. The lowest BCUT2D eigenvalue weighted by Gasteiger charge is -2.36. The number of pyridine rings is 2. The Morgan fingerprint density at radius 2 is 1.54 bits per heavy atom. The molecule has 0 atom stereocenters. The van der Waals surface area contributed by atoms with Gasteiger partial charge in [0.2, 0.25) is 0 Å². The first-order valence-corrected chi connectivity index (χ1v) is 8.50. The molecule has 4 nitrogen and oxygen atoms in total. The summed E-state index contributed by atoms with van der Waals surface area (Å²) >= 11 is 0. The summed E-state index contributed by atoms with van der Waals surface area (Å²) < 4.78 is 0. The van der Waals surface area contributed by atoms with Gasteiger partial charge in [0, 0.05) is 37.8 Å². The second-order valence-corrected chi connectivity index (χ2v) is 6.43. The first kappa shape index (κ1) is 14.9. The Morgan fingerprint density at radius 3 is 2.25 bits per heavy atom. The van der Waals surface area contributed by atoms with Crippen molar-refractivity contribution in [2.75, 3.05) is 36.0 Å². The van der Waals surface area contributed by atoms with Gasteiger partial charge in [-0.15, -0.1) is 0 Å². The lowest BCUT2D eigenvalue weighted by molar-refractivity contribution is 0.642. The predicted molar refractivity (Wildman–Crippen MR) is 99.9 cm³/mol. The van der Waals surface area contributed by atoms with Crippen LogP contribution in [0.2, 0.25) is 0 Å². The molecule has 0 spiro atoms. The van der Waals surface area contributed by atoms with E-state index in [0.29, 0.717) is 0 Å². The molecule has 4 heteroatoms. The fraction of sp³-hybridized carbons (Fsp3) is 0.300. The quantitative estimate of drug-likeness (QED) is 0.723. The maximum absolute atomic E-state index is 4.95. The predicted octanol–water partition coefficient (Wildman–Crippen LogP) is 3.57. The minimum Gasteiger partial charge on any atom is -0.353 e. The highest BCUT2D eigenvalue weighted by molar-refractivity contribution is 5.86. The van der Waals surface area contributed by atoms with Gasteiger partial charge in [-0.05, 0) is 43.2 Å². The maximum Gasteiger partial charge on any atom is 0.129 e. The van der Waals surface area contributed by atoms with Gasteiger partial charge in [-0.3, -0.25) is 0 Å². The van der Waals surface area contributed by atoms with Crippen LogP contribution in [0.15, 0.2) is 48.7 Å². The number of rotatable bonds is 2. The van der Waals surface area contributed by atoms with Crippen molar-refractivity contribution in [1.82, 2.24) is 9.97 Å². The number of benzene rings is 1. The van der Waals surface area contributed by atoms with Crippen molar-refractivity contribution in [2.24, 2.45) is 0 Å². The highest BCUT2D eigenvalue weighted by atomic mass is 15.3. The average molecular weight is 318 g/mol. The number of hydrogen-bond donors (Lipinski definition) is 0. The number of anilines is 2. The van der Waals surface area contributed by atoms with Crippen molar-refractivity contribution in [3.8, 4) is 0 Å². The molecule has 0 radical (unpaired) electrons. The highest BCUT2D eigenvalue weighted by Crippen LogP contribution is 2.25. The summed E-state index contributed by atoms with van der Waals surface area (Å²) in [6.45, 7) is 8.21. The molecule has 122 valence electrons. The Balaban J connectivity index is 1.58. The average Bonchev–Trinajstić information content (AvgIpc) is 2.63. The molecule has 1 fully saturated rings. The van der Waals surface area contributed by atoms with Gasteiger partial charge in [-0.25, -0.2) is 9.97 Å². The van der Waals surface area contributed by atoms with E-state index < -0.39 is 0 Å². The van der Waals surface area contributed by atoms with Gasteiger partial charge in [-0.1, -0.05) is 24.3 Å². The number of aryl methyl sites for hydroxylation is 2. The van der Waals surface area contributed by atoms with E-state index in [1.807, 2.05) is 18.3 Å². The van der Waals surface area contributed by atoms with E-state index in [-0.39, 0.29) is 0 Å². The summed E-state index contributed by atoms with van der Waals surface area (Å²) in [5.74, 6) is 2.16. The van der Waals surface area contributed by atoms with Gasteiger partial charge in [0.05, 0.1) is 5.52 Å². The number of hydrogen-bond acceptors (Lipinski definition) is 4. The van der Waals surface area contributed by atoms with E-state index in [9.17, 15) is 0 Å². The molecule has 1 aliphatic heterocycles. The summed E-state index contributed by atoms with van der Waals surface area (Å²) in [6, 6.07) is 14.7. The maximum atomic E-state index is 4.95. The third-order valence-electron chi connectivity index (χ3n) is 4.81. The molecule has 0 saturated carbocycles. The van der Waals surface area contributed by atoms with Gasteiger partial charge in [-0.2, -0.15) is 0 Å². The molecule has 3 heterocycles. The van der Waals surface area contributed by atoms with Crippen LogP contribution in [0, 0.1) is 13.8 Å². The Labute approximate surface area is 142 Å². The van der Waals surface area contributed by atoms with Crippen molar-refractivity contribution < 1.29 is 0 Å². The molecule has 0 amide bonds. The molecule has 1 saturated heterocycles. The van der Waals surface area contributed by atoms with Crippen LogP contribution in [0.25, 0.3) is 10.9 Å². The molecule has 3 aromatic rings. The van der Waals surface area contributed by atoms with E-state index in [1.165, 1.54) is 16.5 Å². The normalized spacial score (nSPS) is 15.1. The third-order valence-corrected chi connectivity index (χ3v) is 4.81. The van der Waals surface area contributed by atoms with Crippen LogP contribution in [-0.4, -0.2) is 36.1 Å². The molecule has 2 aromatic heterocycles. The topological polar surface area (TPSA) is 32.3 Å². The molecule has 0 aliphatic carbocycles. The van der Waals surface area contributed by atoms with Crippen molar-refractivity contribution in [3.63, 3.8) is 0 Å². The van der Waals surface area contributed by atoms with Crippen molar-refractivity contribution in [3.05, 3.63) is 59.8 Å². The van der Waals surface area contributed by atoms with E-state index in [4.69, 9.17) is 4.98 Å². The fourth-order valence-corrected chi connectivity index (χ4v) is 3.41. The number of fused-ring (bicyclic) bond motifs is 1. The largest absolute Gasteiger partial charge is 0.353 e. The molecule has 0 bridgehead atoms. The van der Waals surface area contributed by atoms with Gasteiger partial charge >= 0.3 is 0 Å². The Kier molecular flexibility index (Phi) is 3.81. The van der Waals surface area contributed by atoms with E-state index in [2.05, 4.69) is 59.0 Å². The standard InChI is InChI=1S/C20H22N4/c1-15-6-5-7-17-16(2)14-19(22-20(15)17)24-12-10-23(11-13-24)18-8-3-4-9-21-18/h3-9,14H,10-13H2,1-2H3. The molecule has 0 unspecified atom stereocenters. The molecule has 1 aromatic carbocycles. The van der Waals surface area contributed by atoms with Crippen LogP contribution in [0.5, 0.6) is 0 Å². The van der Waals surface area contributed by atoms with Crippen LogP contribution in [0.4, 0.5) is 11.6 Å². The first-order valence-electron chi connectivity index (χ1n) is 8.50. The van der Waals surface area contributed by atoms with Gasteiger partial charge in [0.25, 0.3) is 0 Å². The van der Waals surface area contributed by atoms with Crippen LogP contribution in [0.1, 0.15) is 11.1 Å². The Bertz CT molecular complexity index is 852. The first-order chi connectivity index (χ1) is 11.7. The summed E-state index contributed by atoms with van der Waals surface area (Å²) in [7, 11) is 0. The van der Waals surface area contributed by atoms with E-state index >= 15 is 0 Å². The van der Waals surface area contributed by atoms with E-state index in [1.54, 1.807) is 0 Å². The minimum atomic E-state index is 0.973. The van der Waals surface area contributed by atoms with Gasteiger partial charge < -0.3 is 9.80 Å². The van der Waals surface area contributed by atoms with E-state index in [0.717, 1.165) is 43.3 Å². The number of aromatic nitrogens is 2. The van der Waals surface area contributed by atoms with Crippen LogP contribution < -0.4 is 9.80 Å². The lowest BCUT2D eigenvalue weighted by Crippen LogP contribution is -2.47.